The first-order valence-corrected chi connectivity index (χ1v) is 8.70. The van der Waals surface area contributed by atoms with Crippen LogP contribution in [-0.4, -0.2) is 14.5 Å². The molecule has 1 aliphatic rings. The van der Waals surface area contributed by atoms with Crippen molar-refractivity contribution in [3.05, 3.63) is 65.2 Å². The highest BCUT2D eigenvalue weighted by atomic mass is 32.2. The highest BCUT2D eigenvalue weighted by Crippen LogP contribution is 2.37. The third kappa shape index (κ3) is 3.51. The Labute approximate surface area is 133 Å². The number of nitrogens with one attached hydrogen (secondary N) is 1. The Morgan fingerprint density at radius 2 is 1.87 bits per heavy atom. The molecule has 1 aliphatic heterocycles. The van der Waals surface area contributed by atoms with E-state index in [4.69, 9.17) is 4.74 Å². The molecule has 122 valence electrons. The molecule has 0 radical (unpaired) electrons. The smallest absolute Gasteiger partial charge is 0.216 e. The molecule has 0 saturated carbocycles. The Balaban J connectivity index is 1.81. The number of ether oxygens (including phenoxy) is 1. The second-order valence-corrected chi connectivity index (χ2v) is 7.24. The predicted molar refractivity (Wildman–Crippen MR) is 81.4 cm³/mol. The van der Waals surface area contributed by atoms with Gasteiger partial charge < -0.3 is 4.74 Å². The highest BCUT2D eigenvalue weighted by Gasteiger charge is 2.34. The zero-order valence-electron chi connectivity index (χ0n) is 12.3. The predicted octanol–water partition coefficient (Wildman–Crippen LogP) is 2.91. The number of rotatable bonds is 4. The SMILES string of the molecule is CC1Oc2cc(F)ccc2C1NS(=O)(=O)Cc1cccc(F)c1. The van der Waals surface area contributed by atoms with E-state index in [-0.39, 0.29) is 5.75 Å². The van der Waals surface area contributed by atoms with E-state index in [0.29, 0.717) is 16.9 Å². The van der Waals surface area contributed by atoms with Crippen LogP contribution in [0.25, 0.3) is 0 Å². The molecule has 1 heterocycles. The van der Waals surface area contributed by atoms with Crippen LogP contribution in [0.5, 0.6) is 5.75 Å². The summed E-state index contributed by atoms with van der Waals surface area (Å²) in [5.74, 6) is -0.948. The first-order chi connectivity index (χ1) is 10.8. The van der Waals surface area contributed by atoms with Crippen LogP contribution >= 0.6 is 0 Å². The zero-order chi connectivity index (χ0) is 16.6. The Morgan fingerprint density at radius 3 is 2.61 bits per heavy atom. The molecule has 2 atom stereocenters. The Hall–Kier alpha value is -1.99. The zero-order valence-corrected chi connectivity index (χ0v) is 13.1. The largest absolute Gasteiger partial charge is 0.488 e. The van der Waals surface area contributed by atoms with Crippen molar-refractivity contribution in [2.45, 2.75) is 24.8 Å². The summed E-state index contributed by atoms with van der Waals surface area (Å²) < 4.78 is 59.1. The van der Waals surface area contributed by atoms with Crippen molar-refractivity contribution in [3.8, 4) is 5.75 Å². The highest BCUT2D eigenvalue weighted by molar-refractivity contribution is 7.88. The molecule has 0 bridgehead atoms. The molecule has 3 rings (SSSR count). The summed E-state index contributed by atoms with van der Waals surface area (Å²) in [6.07, 6.45) is -0.464. The molecule has 2 unspecified atom stereocenters. The second-order valence-electron chi connectivity index (χ2n) is 5.49. The molecular formula is C16H15F2NO3S. The van der Waals surface area contributed by atoms with Crippen molar-refractivity contribution < 1.29 is 21.9 Å². The maximum Gasteiger partial charge on any atom is 0.216 e. The van der Waals surface area contributed by atoms with Gasteiger partial charge in [0.05, 0.1) is 11.8 Å². The van der Waals surface area contributed by atoms with E-state index < -0.39 is 33.8 Å². The van der Waals surface area contributed by atoms with Crippen molar-refractivity contribution in [2.75, 3.05) is 0 Å². The van der Waals surface area contributed by atoms with Crippen molar-refractivity contribution in [1.82, 2.24) is 4.72 Å². The van der Waals surface area contributed by atoms with Crippen molar-refractivity contribution in [2.24, 2.45) is 0 Å². The van der Waals surface area contributed by atoms with Crippen molar-refractivity contribution in [1.29, 1.82) is 0 Å². The number of fused-ring (bicyclic) bond motifs is 1. The lowest BCUT2D eigenvalue weighted by molar-refractivity contribution is 0.220. The Bertz CT molecular complexity index is 839. The molecule has 0 fully saturated rings. The molecule has 2 aromatic rings. The summed E-state index contributed by atoms with van der Waals surface area (Å²) in [5.41, 5.74) is 0.935. The van der Waals surface area contributed by atoms with Gasteiger partial charge in [-0.25, -0.2) is 21.9 Å². The molecule has 4 nitrogen and oxygen atoms in total. The average molecular weight is 339 g/mol. The van der Waals surface area contributed by atoms with E-state index in [1.165, 1.54) is 36.4 Å². The lowest BCUT2D eigenvalue weighted by Gasteiger charge is -2.17. The van der Waals surface area contributed by atoms with E-state index in [9.17, 15) is 17.2 Å². The fourth-order valence-corrected chi connectivity index (χ4v) is 4.04. The maximum atomic E-state index is 13.2. The van der Waals surface area contributed by atoms with Gasteiger partial charge >= 0.3 is 0 Å². The summed E-state index contributed by atoms with van der Waals surface area (Å²) in [5, 5.41) is 0. The lowest BCUT2D eigenvalue weighted by atomic mass is 10.1. The molecule has 1 N–H and O–H groups in total. The molecule has 0 aliphatic carbocycles. The van der Waals surface area contributed by atoms with Gasteiger partial charge in [0.15, 0.2) is 0 Å². The number of sulfonamides is 1. The molecular weight excluding hydrogens is 324 g/mol. The van der Waals surface area contributed by atoms with Crippen LogP contribution in [0.2, 0.25) is 0 Å². The van der Waals surface area contributed by atoms with E-state index in [1.54, 1.807) is 13.0 Å². The first-order valence-electron chi connectivity index (χ1n) is 7.04. The van der Waals surface area contributed by atoms with Crippen LogP contribution in [0.4, 0.5) is 8.78 Å². The van der Waals surface area contributed by atoms with Crippen LogP contribution in [0, 0.1) is 11.6 Å². The average Bonchev–Trinajstić information content (AvgIpc) is 2.73. The molecule has 23 heavy (non-hydrogen) atoms. The van der Waals surface area contributed by atoms with Crippen LogP contribution in [-0.2, 0) is 15.8 Å². The van der Waals surface area contributed by atoms with Gasteiger partial charge in [0.25, 0.3) is 0 Å². The summed E-state index contributed by atoms with van der Waals surface area (Å²) in [6.45, 7) is 1.70. The summed E-state index contributed by atoms with van der Waals surface area (Å²) >= 11 is 0. The van der Waals surface area contributed by atoms with Crippen molar-refractivity contribution >= 4 is 10.0 Å². The molecule has 0 amide bonds. The van der Waals surface area contributed by atoms with Crippen LogP contribution < -0.4 is 9.46 Å². The summed E-state index contributed by atoms with van der Waals surface area (Å²) in [4.78, 5) is 0. The van der Waals surface area contributed by atoms with E-state index in [2.05, 4.69) is 4.72 Å². The van der Waals surface area contributed by atoms with Gasteiger partial charge in [0.2, 0.25) is 10.0 Å². The first kappa shape index (κ1) is 15.9. The quantitative estimate of drug-likeness (QED) is 0.932. The van der Waals surface area contributed by atoms with Gasteiger partial charge in [-0.1, -0.05) is 18.2 Å². The van der Waals surface area contributed by atoms with Crippen LogP contribution in [0.3, 0.4) is 0 Å². The Kier molecular flexibility index (Phi) is 4.08. The molecule has 0 spiro atoms. The van der Waals surface area contributed by atoms with Gasteiger partial charge in [-0.3, -0.25) is 0 Å². The normalized spacial score (nSPS) is 20.1. The molecule has 2 aromatic carbocycles. The minimum Gasteiger partial charge on any atom is -0.488 e. The van der Waals surface area contributed by atoms with E-state index >= 15 is 0 Å². The molecule has 7 heteroatoms. The number of benzene rings is 2. The number of halogens is 2. The fourth-order valence-electron chi connectivity index (χ4n) is 2.63. The third-order valence-electron chi connectivity index (χ3n) is 3.65. The van der Waals surface area contributed by atoms with Crippen LogP contribution in [0.15, 0.2) is 42.5 Å². The standard InChI is InChI=1S/C16H15F2NO3S/c1-10-16(14-6-5-13(18)8-15(14)22-10)19-23(20,21)9-11-3-2-4-12(17)7-11/h2-8,10,16,19H,9H2,1H3. The summed E-state index contributed by atoms with van der Waals surface area (Å²) in [6, 6.07) is 8.81. The number of hydrogen-bond donors (Lipinski definition) is 1. The lowest BCUT2D eigenvalue weighted by Crippen LogP contribution is -2.34. The monoisotopic (exact) mass is 339 g/mol. The van der Waals surface area contributed by atoms with E-state index in [1.807, 2.05) is 0 Å². The Morgan fingerprint density at radius 1 is 1.13 bits per heavy atom. The third-order valence-corrected chi connectivity index (χ3v) is 4.97. The second kappa shape index (κ2) is 5.90. The minimum atomic E-state index is -3.71. The fraction of sp³-hybridized carbons (Fsp3) is 0.250. The maximum absolute atomic E-state index is 13.2. The minimum absolute atomic E-state index is 0.330. The van der Waals surface area contributed by atoms with E-state index in [0.717, 1.165) is 0 Å². The van der Waals surface area contributed by atoms with Crippen molar-refractivity contribution in [3.63, 3.8) is 0 Å². The van der Waals surface area contributed by atoms with Gasteiger partial charge in [0, 0.05) is 11.6 Å². The number of hydrogen-bond acceptors (Lipinski definition) is 3. The summed E-state index contributed by atoms with van der Waals surface area (Å²) in [7, 11) is -3.71. The molecule has 0 saturated heterocycles. The van der Waals surface area contributed by atoms with Gasteiger partial charge in [-0.2, -0.15) is 0 Å². The van der Waals surface area contributed by atoms with Crippen LogP contribution in [0.1, 0.15) is 24.1 Å². The van der Waals surface area contributed by atoms with Gasteiger partial charge in [0.1, 0.15) is 23.5 Å². The molecule has 0 aromatic heterocycles. The topological polar surface area (TPSA) is 55.4 Å². The van der Waals surface area contributed by atoms with Gasteiger partial charge in [-0.05, 0) is 30.7 Å². The van der Waals surface area contributed by atoms with Gasteiger partial charge in [-0.15, -0.1) is 0 Å².